The fourth-order valence-electron chi connectivity index (χ4n) is 1.46. The quantitative estimate of drug-likeness (QED) is 0.594. The lowest BCUT2D eigenvalue weighted by molar-refractivity contribution is 0.0251. The number of allylic oxidation sites excluding steroid dienone is 1. The average molecular weight is 248 g/mol. The Labute approximate surface area is 102 Å². The van der Waals surface area contributed by atoms with Crippen LogP contribution in [0, 0.1) is 5.41 Å². The Morgan fingerprint density at radius 1 is 1.00 bits per heavy atom. The molecule has 0 amide bonds. The SMILES string of the molecule is CC(C)(C)C1=C(C(C)(C)SS)OCCO1. The Morgan fingerprint density at radius 3 is 1.87 bits per heavy atom. The van der Waals surface area contributed by atoms with Crippen molar-refractivity contribution in [2.75, 3.05) is 13.2 Å². The van der Waals surface area contributed by atoms with Crippen LogP contribution in [0.2, 0.25) is 0 Å². The first-order chi connectivity index (χ1) is 6.79. The van der Waals surface area contributed by atoms with Crippen LogP contribution in [0.5, 0.6) is 0 Å². The molecule has 0 unspecified atom stereocenters. The molecule has 4 heteroatoms. The third-order valence-electron chi connectivity index (χ3n) is 2.24. The minimum absolute atomic E-state index is 0.0173. The molecule has 0 saturated heterocycles. The van der Waals surface area contributed by atoms with Crippen molar-refractivity contribution < 1.29 is 9.47 Å². The van der Waals surface area contributed by atoms with Crippen molar-refractivity contribution in [1.29, 1.82) is 0 Å². The van der Waals surface area contributed by atoms with E-state index in [2.05, 4.69) is 46.3 Å². The van der Waals surface area contributed by atoms with Crippen LogP contribution in [0.25, 0.3) is 0 Å². The molecule has 0 saturated carbocycles. The van der Waals surface area contributed by atoms with Crippen molar-refractivity contribution in [3.05, 3.63) is 11.5 Å². The summed E-state index contributed by atoms with van der Waals surface area (Å²) >= 11 is 4.29. The molecule has 0 aromatic carbocycles. The summed E-state index contributed by atoms with van der Waals surface area (Å²) in [5, 5.41) is 0. The molecule has 0 aromatic rings. The van der Waals surface area contributed by atoms with Gasteiger partial charge in [0, 0.05) is 5.41 Å². The molecule has 0 aromatic heterocycles. The molecule has 15 heavy (non-hydrogen) atoms. The van der Waals surface area contributed by atoms with Gasteiger partial charge in [0.25, 0.3) is 0 Å². The molecule has 0 fully saturated rings. The Hall–Kier alpha value is 0.0400. The number of ether oxygens (including phenoxy) is 2. The van der Waals surface area contributed by atoms with Gasteiger partial charge in [0.05, 0.1) is 4.75 Å². The van der Waals surface area contributed by atoms with Crippen molar-refractivity contribution in [1.82, 2.24) is 0 Å². The van der Waals surface area contributed by atoms with E-state index in [1.807, 2.05) is 0 Å². The summed E-state index contributed by atoms with van der Waals surface area (Å²) in [5.74, 6) is 1.89. The molecule has 2 nitrogen and oxygen atoms in total. The van der Waals surface area contributed by atoms with Crippen LogP contribution >= 0.6 is 22.5 Å². The molecule has 0 aliphatic carbocycles. The lowest BCUT2D eigenvalue weighted by atomic mass is 9.90. The van der Waals surface area contributed by atoms with E-state index >= 15 is 0 Å². The predicted octanol–water partition coefficient (Wildman–Crippen LogP) is 3.65. The van der Waals surface area contributed by atoms with Crippen molar-refractivity contribution in [2.24, 2.45) is 5.41 Å². The van der Waals surface area contributed by atoms with E-state index < -0.39 is 0 Å². The van der Waals surface area contributed by atoms with Crippen LogP contribution in [0.1, 0.15) is 34.6 Å². The lowest BCUT2D eigenvalue weighted by Crippen LogP contribution is -2.31. The maximum absolute atomic E-state index is 5.76. The van der Waals surface area contributed by atoms with E-state index in [-0.39, 0.29) is 10.2 Å². The summed E-state index contributed by atoms with van der Waals surface area (Å²) in [6, 6.07) is 0. The normalized spacial score (nSPS) is 18.5. The van der Waals surface area contributed by atoms with Gasteiger partial charge in [0.15, 0.2) is 5.76 Å². The van der Waals surface area contributed by atoms with E-state index in [1.54, 1.807) is 0 Å². The molecule has 0 radical (unpaired) electrons. The zero-order valence-electron chi connectivity index (χ0n) is 10.1. The van der Waals surface area contributed by atoms with Gasteiger partial charge in [-0.25, -0.2) is 0 Å². The number of hydrogen-bond donors (Lipinski definition) is 1. The summed E-state index contributed by atoms with van der Waals surface area (Å²) in [6.07, 6.45) is 0. The van der Waals surface area contributed by atoms with Crippen LogP contribution < -0.4 is 0 Å². The van der Waals surface area contributed by atoms with Gasteiger partial charge in [0.2, 0.25) is 0 Å². The molecule has 0 spiro atoms. The van der Waals surface area contributed by atoms with Gasteiger partial charge in [-0.05, 0) is 13.8 Å². The predicted molar refractivity (Wildman–Crippen MR) is 69.0 cm³/mol. The van der Waals surface area contributed by atoms with Crippen LogP contribution in [0.15, 0.2) is 11.5 Å². The fourth-order valence-corrected chi connectivity index (χ4v) is 1.95. The molecule has 0 N–H and O–H groups in total. The largest absolute Gasteiger partial charge is 0.490 e. The van der Waals surface area contributed by atoms with Gasteiger partial charge in [0.1, 0.15) is 19.0 Å². The molecule has 88 valence electrons. The first kappa shape index (κ1) is 13.1. The van der Waals surface area contributed by atoms with E-state index in [0.29, 0.717) is 13.2 Å². The highest BCUT2D eigenvalue weighted by atomic mass is 33.1. The van der Waals surface area contributed by atoms with Gasteiger partial charge < -0.3 is 9.47 Å². The van der Waals surface area contributed by atoms with Crippen molar-refractivity contribution in [3.8, 4) is 0 Å². The minimum atomic E-state index is -0.147. The Bertz CT molecular complexity index is 264. The van der Waals surface area contributed by atoms with Crippen molar-refractivity contribution >= 4 is 22.5 Å². The van der Waals surface area contributed by atoms with Crippen LogP contribution in [-0.2, 0) is 9.47 Å². The zero-order chi connectivity index (χ0) is 11.7. The van der Waals surface area contributed by atoms with Crippen LogP contribution in [0.3, 0.4) is 0 Å². The Kier molecular flexibility index (Phi) is 3.93. The first-order valence-corrected chi connectivity index (χ1v) is 6.99. The number of thiol groups is 1. The minimum Gasteiger partial charge on any atom is -0.490 e. The fraction of sp³-hybridized carbons (Fsp3) is 0.818. The highest BCUT2D eigenvalue weighted by molar-refractivity contribution is 8.69. The maximum atomic E-state index is 5.76. The Morgan fingerprint density at radius 2 is 1.47 bits per heavy atom. The highest BCUT2D eigenvalue weighted by Crippen LogP contribution is 2.42. The van der Waals surface area contributed by atoms with E-state index in [0.717, 1.165) is 11.5 Å². The van der Waals surface area contributed by atoms with E-state index in [9.17, 15) is 0 Å². The smallest absolute Gasteiger partial charge is 0.151 e. The van der Waals surface area contributed by atoms with Crippen LogP contribution in [-0.4, -0.2) is 18.0 Å². The second-order valence-electron chi connectivity index (χ2n) is 5.21. The van der Waals surface area contributed by atoms with Gasteiger partial charge in [-0.1, -0.05) is 31.6 Å². The first-order valence-electron chi connectivity index (χ1n) is 5.12. The topological polar surface area (TPSA) is 18.5 Å². The summed E-state index contributed by atoms with van der Waals surface area (Å²) in [7, 11) is 1.49. The molecular weight excluding hydrogens is 228 g/mol. The number of hydrogen-bond acceptors (Lipinski definition) is 4. The molecule has 1 aliphatic rings. The maximum Gasteiger partial charge on any atom is 0.151 e. The van der Waals surface area contributed by atoms with Gasteiger partial charge in [-0.2, -0.15) is 0 Å². The van der Waals surface area contributed by atoms with Crippen molar-refractivity contribution in [2.45, 2.75) is 39.4 Å². The average Bonchev–Trinajstić information content (AvgIpc) is 2.16. The van der Waals surface area contributed by atoms with Crippen molar-refractivity contribution in [3.63, 3.8) is 0 Å². The molecule has 0 bridgehead atoms. The molecule has 1 rings (SSSR count). The second-order valence-corrected chi connectivity index (χ2v) is 6.96. The lowest BCUT2D eigenvalue weighted by Gasteiger charge is -2.35. The van der Waals surface area contributed by atoms with Gasteiger partial charge in [-0.3, -0.25) is 0 Å². The Balaban J connectivity index is 3.12. The molecule has 1 heterocycles. The summed E-state index contributed by atoms with van der Waals surface area (Å²) in [4.78, 5) is 0. The standard InChI is InChI=1S/C11H20O2S2/c1-10(2,3)8-9(11(4,5)15-14)13-7-6-12-8/h14H,6-7H2,1-5H3. The molecule has 0 atom stereocenters. The highest BCUT2D eigenvalue weighted by Gasteiger charge is 2.36. The monoisotopic (exact) mass is 248 g/mol. The summed E-state index contributed by atoms with van der Waals surface area (Å²) in [5.41, 5.74) is -0.0173. The van der Waals surface area contributed by atoms with Crippen LogP contribution in [0.4, 0.5) is 0 Å². The number of rotatable bonds is 2. The zero-order valence-corrected chi connectivity index (χ0v) is 11.8. The molecular formula is C11H20O2S2. The summed E-state index contributed by atoms with van der Waals surface area (Å²) in [6.45, 7) is 11.9. The van der Waals surface area contributed by atoms with E-state index in [4.69, 9.17) is 9.47 Å². The molecule has 1 aliphatic heterocycles. The van der Waals surface area contributed by atoms with Gasteiger partial charge in [-0.15, -0.1) is 11.7 Å². The third kappa shape index (κ3) is 3.00. The third-order valence-corrected chi connectivity index (χ3v) is 4.25. The van der Waals surface area contributed by atoms with Gasteiger partial charge >= 0.3 is 0 Å². The van der Waals surface area contributed by atoms with E-state index in [1.165, 1.54) is 10.8 Å². The summed E-state index contributed by atoms with van der Waals surface area (Å²) < 4.78 is 11.4. The second kappa shape index (κ2) is 4.50.